The Labute approximate surface area is 146 Å². The van der Waals surface area contributed by atoms with Crippen LogP contribution in [0.5, 0.6) is 5.75 Å². The Balaban J connectivity index is 1.85. The third-order valence-electron chi connectivity index (χ3n) is 5.18. The normalized spacial score (nSPS) is 27.2. The van der Waals surface area contributed by atoms with Gasteiger partial charge in [-0.2, -0.15) is 4.72 Å². The van der Waals surface area contributed by atoms with Gasteiger partial charge in [0.1, 0.15) is 10.4 Å². The van der Waals surface area contributed by atoms with Gasteiger partial charge in [-0.15, -0.1) is 0 Å². The molecule has 0 unspecified atom stereocenters. The first-order chi connectivity index (χ1) is 11.3. The zero-order valence-electron chi connectivity index (χ0n) is 13.3. The zero-order chi connectivity index (χ0) is 17.5. The van der Waals surface area contributed by atoms with Crippen molar-refractivity contribution in [1.29, 1.82) is 0 Å². The van der Waals surface area contributed by atoms with Gasteiger partial charge in [0.05, 0.1) is 12.1 Å². The second kappa shape index (κ2) is 6.20. The molecule has 0 spiro atoms. The van der Waals surface area contributed by atoms with Crippen molar-refractivity contribution in [3.05, 3.63) is 23.2 Å². The summed E-state index contributed by atoms with van der Waals surface area (Å²) >= 11 is 5.79. The van der Waals surface area contributed by atoms with Crippen LogP contribution in [0.1, 0.15) is 32.1 Å². The van der Waals surface area contributed by atoms with Gasteiger partial charge in [0.25, 0.3) is 0 Å². The number of rotatable bonds is 5. The van der Waals surface area contributed by atoms with Crippen molar-refractivity contribution in [1.82, 2.24) is 4.72 Å². The molecule has 0 saturated heterocycles. The van der Waals surface area contributed by atoms with Crippen LogP contribution in [0.15, 0.2) is 23.1 Å². The van der Waals surface area contributed by atoms with E-state index in [1.165, 1.54) is 31.7 Å². The lowest BCUT2D eigenvalue weighted by Gasteiger charge is -2.50. The van der Waals surface area contributed by atoms with E-state index in [-0.39, 0.29) is 9.92 Å². The predicted molar refractivity (Wildman–Crippen MR) is 88.3 cm³/mol. The molecular weight excluding hydrogens is 354 g/mol. The van der Waals surface area contributed by atoms with Gasteiger partial charge in [-0.1, -0.05) is 36.9 Å². The minimum atomic E-state index is -4.11. The number of hydrogen-bond donors (Lipinski definition) is 2. The lowest BCUT2D eigenvalue weighted by Crippen LogP contribution is -2.64. The van der Waals surface area contributed by atoms with Gasteiger partial charge in [-0.25, -0.2) is 8.42 Å². The molecule has 132 valence electrons. The first kappa shape index (κ1) is 17.5. The van der Waals surface area contributed by atoms with E-state index in [1.54, 1.807) is 0 Å². The highest BCUT2D eigenvalue weighted by atomic mass is 35.5. The van der Waals surface area contributed by atoms with E-state index < -0.39 is 27.3 Å². The summed E-state index contributed by atoms with van der Waals surface area (Å²) in [6, 6.07) is 4.07. The van der Waals surface area contributed by atoms with Crippen LogP contribution in [-0.4, -0.2) is 32.1 Å². The molecule has 2 aliphatic rings. The Morgan fingerprint density at radius 3 is 2.54 bits per heavy atom. The molecule has 8 heteroatoms. The summed E-state index contributed by atoms with van der Waals surface area (Å²) < 4.78 is 32.6. The highest BCUT2D eigenvalue weighted by molar-refractivity contribution is 7.89. The number of para-hydroxylation sites is 1. The zero-order valence-corrected chi connectivity index (χ0v) is 14.9. The largest absolute Gasteiger partial charge is 0.505 e. The fourth-order valence-corrected chi connectivity index (χ4v) is 5.32. The van der Waals surface area contributed by atoms with Crippen molar-refractivity contribution in [3.8, 4) is 5.75 Å². The number of nitrogens with one attached hydrogen (secondary N) is 1. The Morgan fingerprint density at radius 2 is 2.00 bits per heavy atom. The fraction of sp³-hybridized carbons (Fsp3) is 0.562. The third-order valence-corrected chi connectivity index (χ3v) is 7.06. The summed E-state index contributed by atoms with van der Waals surface area (Å²) in [5.41, 5.74) is -1.26. The van der Waals surface area contributed by atoms with Gasteiger partial charge in [0, 0.05) is 0 Å². The van der Waals surface area contributed by atoms with E-state index in [2.05, 4.69) is 4.72 Å². The highest BCUT2D eigenvalue weighted by Gasteiger charge is 2.56. The molecule has 0 heterocycles. The van der Waals surface area contributed by atoms with Crippen LogP contribution < -0.4 is 4.72 Å². The molecule has 0 aromatic heterocycles. The van der Waals surface area contributed by atoms with Crippen molar-refractivity contribution in [3.63, 3.8) is 0 Å². The number of phenols is 1. The number of sulfonamides is 1. The molecule has 2 aliphatic carbocycles. The van der Waals surface area contributed by atoms with E-state index in [9.17, 15) is 18.3 Å². The summed E-state index contributed by atoms with van der Waals surface area (Å²) in [5, 5.41) is 9.87. The van der Waals surface area contributed by atoms with Crippen molar-refractivity contribution in [2.24, 2.45) is 11.8 Å². The summed E-state index contributed by atoms with van der Waals surface area (Å²) in [4.78, 5) is 11.9. The predicted octanol–water partition coefficient (Wildman–Crippen LogP) is 2.45. The summed E-state index contributed by atoms with van der Waals surface area (Å²) in [6.07, 6.45) is 4.29. The molecule has 0 aliphatic heterocycles. The summed E-state index contributed by atoms with van der Waals surface area (Å²) in [6.45, 7) is 0. The number of benzene rings is 1. The van der Waals surface area contributed by atoms with E-state index in [0.29, 0.717) is 24.7 Å². The van der Waals surface area contributed by atoms with Crippen LogP contribution >= 0.6 is 11.6 Å². The van der Waals surface area contributed by atoms with Gasteiger partial charge >= 0.3 is 5.97 Å². The average Bonchev–Trinajstić information content (AvgIpc) is 2.44. The lowest BCUT2D eigenvalue weighted by molar-refractivity contribution is -0.155. The molecule has 6 nitrogen and oxygen atoms in total. The second-order valence-corrected chi connectivity index (χ2v) is 8.68. The monoisotopic (exact) mass is 373 g/mol. The van der Waals surface area contributed by atoms with Crippen molar-refractivity contribution >= 4 is 27.6 Å². The molecule has 1 aromatic carbocycles. The Hall–Kier alpha value is -1.31. The molecule has 0 bridgehead atoms. The molecule has 2 fully saturated rings. The number of halogens is 1. The molecule has 0 radical (unpaired) electrons. The number of aromatic hydroxyl groups is 1. The van der Waals surface area contributed by atoms with Crippen molar-refractivity contribution in [2.75, 3.05) is 7.11 Å². The van der Waals surface area contributed by atoms with Crippen LogP contribution in [0.25, 0.3) is 0 Å². The first-order valence-corrected chi connectivity index (χ1v) is 9.75. The second-order valence-electron chi connectivity index (χ2n) is 6.63. The average molecular weight is 374 g/mol. The van der Waals surface area contributed by atoms with Gasteiger partial charge in [-0.05, 0) is 36.8 Å². The maximum atomic E-state index is 12.7. The number of phenolic OH excluding ortho intramolecular Hbond substituents is 1. The number of methoxy groups -OCH3 is 1. The standard InChI is InChI=1S/C16H20ClNO5S/c1-23-15(20)16(8-11(9-16)10-4-2-5-10)18-24(21,22)13-7-3-6-12(17)14(13)19/h3,6-7,10-11,18-19H,2,4-5,8-9H2,1H3. The molecule has 1 aromatic rings. The van der Waals surface area contributed by atoms with Gasteiger partial charge < -0.3 is 9.84 Å². The SMILES string of the molecule is COC(=O)C1(NS(=O)(=O)c2cccc(Cl)c2O)CC(C2CCC2)C1. The molecule has 24 heavy (non-hydrogen) atoms. The molecule has 2 saturated carbocycles. The van der Waals surface area contributed by atoms with Crippen LogP contribution in [0.3, 0.4) is 0 Å². The Kier molecular flexibility index (Phi) is 4.53. The summed E-state index contributed by atoms with van der Waals surface area (Å²) in [5.74, 6) is -0.231. The van der Waals surface area contributed by atoms with Crippen LogP contribution in [-0.2, 0) is 19.6 Å². The topological polar surface area (TPSA) is 92.7 Å². The smallest absolute Gasteiger partial charge is 0.327 e. The maximum absolute atomic E-state index is 12.7. The Morgan fingerprint density at radius 1 is 1.33 bits per heavy atom. The van der Waals surface area contributed by atoms with E-state index >= 15 is 0 Å². The number of hydrogen-bond acceptors (Lipinski definition) is 5. The number of carbonyl (C=O) groups is 1. The van der Waals surface area contributed by atoms with Gasteiger partial charge in [-0.3, -0.25) is 4.79 Å². The molecule has 0 atom stereocenters. The van der Waals surface area contributed by atoms with E-state index in [0.717, 1.165) is 12.8 Å². The number of carbonyl (C=O) groups excluding carboxylic acids is 1. The van der Waals surface area contributed by atoms with E-state index in [4.69, 9.17) is 16.3 Å². The maximum Gasteiger partial charge on any atom is 0.327 e. The van der Waals surface area contributed by atoms with Gasteiger partial charge in [0.15, 0.2) is 5.75 Å². The minimum Gasteiger partial charge on any atom is -0.505 e. The summed E-state index contributed by atoms with van der Waals surface area (Å²) in [7, 11) is -2.87. The molecule has 3 rings (SSSR count). The first-order valence-electron chi connectivity index (χ1n) is 7.89. The third kappa shape index (κ3) is 2.89. The fourth-order valence-electron chi connectivity index (χ4n) is 3.59. The van der Waals surface area contributed by atoms with E-state index in [1.807, 2.05) is 0 Å². The number of ether oxygens (including phenoxy) is 1. The molecular formula is C16H20ClNO5S. The quantitative estimate of drug-likeness (QED) is 0.773. The molecule has 2 N–H and O–H groups in total. The number of esters is 1. The minimum absolute atomic E-state index is 0.0639. The van der Waals surface area contributed by atoms with Crippen LogP contribution in [0.4, 0.5) is 0 Å². The van der Waals surface area contributed by atoms with Crippen LogP contribution in [0.2, 0.25) is 5.02 Å². The molecule has 0 amide bonds. The van der Waals surface area contributed by atoms with Crippen molar-refractivity contribution in [2.45, 2.75) is 42.5 Å². The van der Waals surface area contributed by atoms with Gasteiger partial charge in [0.2, 0.25) is 10.0 Å². The lowest BCUT2D eigenvalue weighted by atomic mass is 9.59. The van der Waals surface area contributed by atoms with Crippen LogP contribution in [0, 0.1) is 11.8 Å². The van der Waals surface area contributed by atoms with Crippen molar-refractivity contribution < 1.29 is 23.1 Å². The Bertz CT molecular complexity index is 754. The highest BCUT2D eigenvalue weighted by Crippen LogP contribution is 2.50.